The zero-order valence-electron chi connectivity index (χ0n) is 18.7. The van der Waals surface area contributed by atoms with Crippen molar-refractivity contribution in [3.63, 3.8) is 0 Å². The molecule has 4 rings (SSSR count). The Bertz CT molecular complexity index is 1150. The van der Waals surface area contributed by atoms with Crippen LogP contribution < -0.4 is 15.0 Å². The van der Waals surface area contributed by atoms with Crippen LogP contribution in [0.2, 0.25) is 0 Å². The maximum absolute atomic E-state index is 13.7. The van der Waals surface area contributed by atoms with Gasteiger partial charge in [0.2, 0.25) is 0 Å². The van der Waals surface area contributed by atoms with E-state index in [4.69, 9.17) is 9.47 Å². The number of H-pyrrole nitrogens is 1. The minimum atomic E-state index is -0.171. The van der Waals surface area contributed by atoms with Crippen LogP contribution in [0.3, 0.4) is 0 Å². The minimum absolute atomic E-state index is 0.0940. The van der Waals surface area contributed by atoms with Gasteiger partial charge in [0.1, 0.15) is 11.5 Å². The van der Waals surface area contributed by atoms with E-state index in [1.54, 1.807) is 6.07 Å². The van der Waals surface area contributed by atoms with Crippen molar-refractivity contribution < 1.29 is 14.3 Å². The van der Waals surface area contributed by atoms with Crippen molar-refractivity contribution in [1.29, 1.82) is 0 Å². The second-order valence-corrected chi connectivity index (χ2v) is 8.11. The van der Waals surface area contributed by atoms with E-state index >= 15 is 0 Å². The summed E-state index contributed by atoms with van der Waals surface area (Å²) in [5.41, 5.74) is 1.69. The van der Waals surface area contributed by atoms with Gasteiger partial charge in [-0.15, -0.1) is 0 Å². The molecule has 1 aromatic heterocycles. The molecule has 1 heterocycles. The molecule has 1 aliphatic carbocycles. The number of aromatic amines is 1. The number of ether oxygens (including phenoxy) is 2. The highest BCUT2D eigenvalue weighted by molar-refractivity contribution is 5.97. The standard InChI is InChI=1S/C26H30N2O4/c1-3-31-21-13-14-23-18(16-21)15-19(25(29)27-23)17-28(20-9-5-6-10-20)26(30)22-11-7-8-12-24(22)32-4-2/h7-8,11-16,20H,3-6,9-10,17H2,1-2H3,(H,27,29). The lowest BCUT2D eigenvalue weighted by atomic mass is 10.1. The largest absolute Gasteiger partial charge is 0.494 e. The molecule has 0 saturated heterocycles. The molecule has 1 aliphatic rings. The fourth-order valence-corrected chi connectivity index (χ4v) is 4.45. The lowest BCUT2D eigenvalue weighted by Gasteiger charge is -2.29. The summed E-state index contributed by atoms with van der Waals surface area (Å²) in [7, 11) is 0. The van der Waals surface area contributed by atoms with E-state index < -0.39 is 0 Å². The highest BCUT2D eigenvalue weighted by atomic mass is 16.5. The predicted molar refractivity (Wildman–Crippen MR) is 125 cm³/mol. The number of carbonyl (C=O) groups is 1. The van der Waals surface area contributed by atoms with Crippen LogP contribution in [0, 0.1) is 0 Å². The third kappa shape index (κ3) is 4.64. The van der Waals surface area contributed by atoms with Crippen molar-refractivity contribution in [3.8, 4) is 11.5 Å². The summed E-state index contributed by atoms with van der Waals surface area (Å²) in [4.78, 5) is 31.3. The van der Waals surface area contributed by atoms with Gasteiger partial charge in [-0.1, -0.05) is 25.0 Å². The minimum Gasteiger partial charge on any atom is -0.494 e. The topological polar surface area (TPSA) is 71.6 Å². The first-order chi connectivity index (χ1) is 15.6. The molecule has 32 heavy (non-hydrogen) atoms. The van der Waals surface area contributed by atoms with Crippen LogP contribution in [-0.2, 0) is 6.54 Å². The van der Waals surface area contributed by atoms with Crippen LogP contribution in [0.5, 0.6) is 11.5 Å². The zero-order valence-corrected chi connectivity index (χ0v) is 18.7. The van der Waals surface area contributed by atoms with E-state index in [-0.39, 0.29) is 24.1 Å². The van der Waals surface area contributed by atoms with Gasteiger partial charge in [0.05, 0.1) is 25.3 Å². The molecule has 168 valence electrons. The summed E-state index contributed by atoms with van der Waals surface area (Å²) >= 11 is 0. The molecule has 6 heteroatoms. The van der Waals surface area contributed by atoms with E-state index in [2.05, 4.69) is 4.98 Å². The number of rotatable bonds is 8. The normalized spacial score (nSPS) is 13.9. The fraction of sp³-hybridized carbons (Fsp3) is 0.385. The molecule has 1 amide bonds. The Kier molecular flexibility index (Phi) is 6.78. The third-order valence-electron chi connectivity index (χ3n) is 5.99. The zero-order chi connectivity index (χ0) is 22.5. The average molecular weight is 435 g/mol. The van der Waals surface area contributed by atoms with E-state index in [1.165, 1.54) is 0 Å². The Morgan fingerprint density at radius 2 is 1.78 bits per heavy atom. The SMILES string of the molecule is CCOc1ccc2[nH]c(=O)c(CN(C(=O)c3ccccc3OCC)C3CCCC3)cc2c1. The molecular formula is C26H30N2O4. The number of fused-ring (bicyclic) bond motifs is 1. The second-order valence-electron chi connectivity index (χ2n) is 8.11. The highest BCUT2D eigenvalue weighted by Gasteiger charge is 2.29. The van der Waals surface area contributed by atoms with E-state index in [0.717, 1.165) is 42.3 Å². The van der Waals surface area contributed by atoms with Crippen molar-refractivity contribution in [2.24, 2.45) is 0 Å². The first-order valence-electron chi connectivity index (χ1n) is 11.4. The Balaban J connectivity index is 1.70. The number of nitrogens with zero attached hydrogens (tertiary/aromatic N) is 1. The summed E-state index contributed by atoms with van der Waals surface area (Å²) in [5, 5.41) is 0.888. The van der Waals surface area contributed by atoms with Crippen molar-refractivity contribution in [3.05, 3.63) is 70.0 Å². The Hall–Kier alpha value is -3.28. The Labute approximate surface area is 188 Å². The predicted octanol–water partition coefficient (Wildman–Crippen LogP) is 4.91. The van der Waals surface area contributed by atoms with Gasteiger partial charge in [0.25, 0.3) is 11.5 Å². The maximum atomic E-state index is 13.7. The summed E-state index contributed by atoms with van der Waals surface area (Å²) in [6.07, 6.45) is 4.08. The molecule has 1 N–H and O–H groups in total. The number of hydrogen-bond donors (Lipinski definition) is 1. The van der Waals surface area contributed by atoms with Crippen molar-refractivity contribution in [2.45, 2.75) is 52.1 Å². The Morgan fingerprint density at radius 3 is 2.53 bits per heavy atom. The second kappa shape index (κ2) is 9.90. The number of hydrogen-bond acceptors (Lipinski definition) is 4. The number of amides is 1. The number of para-hydroxylation sites is 1. The number of aromatic nitrogens is 1. The van der Waals surface area contributed by atoms with Gasteiger partial charge >= 0.3 is 0 Å². The van der Waals surface area contributed by atoms with Gasteiger partial charge in [-0.3, -0.25) is 9.59 Å². The first-order valence-corrected chi connectivity index (χ1v) is 11.4. The fourth-order valence-electron chi connectivity index (χ4n) is 4.45. The molecule has 1 fully saturated rings. The summed E-state index contributed by atoms with van der Waals surface area (Å²) < 4.78 is 11.3. The van der Waals surface area contributed by atoms with Crippen LogP contribution in [0.25, 0.3) is 10.9 Å². The van der Waals surface area contributed by atoms with Crippen molar-refractivity contribution in [2.75, 3.05) is 13.2 Å². The van der Waals surface area contributed by atoms with Crippen molar-refractivity contribution >= 4 is 16.8 Å². The molecule has 6 nitrogen and oxygen atoms in total. The molecule has 1 saturated carbocycles. The molecule has 3 aromatic rings. The monoisotopic (exact) mass is 434 g/mol. The number of pyridine rings is 1. The molecular weight excluding hydrogens is 404 g/mol. The summed E-state index contributed by atoms with van der Waals surface area (Å²) in [5.74, 6) is 1.24. The van der Waals surface area contributed by atoms with Crippen LogP contribution >= 0.6 is 0 Å². The molecule has 0 spiro atoms. The van der Waals surface area contributed by atoms with E-state index in [9.17, 15) is 9.59 Å². The van der Waals surface area contributed by atoms with Crippen LogP contribution in [0.4, 0.5) is 0 Å². The lowest BCUT2D eigenvalue weighted by Crippen LogP contribution is -2.39. The quantitative estimate of drug-likeness (QED) is 0.547. The first kappa shape index (κ1) is 21.9. The molecule has 0 bridgehead atoms. The van der Waals surface area contributed by atoms with Gasteiger partial charge in [0, 0.05) is 22.5 Å². The summed E-state index contributed by atoms with van der Waals surface area (Å²) in [6, 6.07) is 14.9. The highest BCUT2D eigenvalue weighted by Crippen LogP contribution is 2.29. The molecule has 0 aliphatic heterocycles. The van der Waals surface area contributed by atoms with Gasteiger partial charge < -0.3 is 19.4 Å². The van der Waals surface area contributed by atoms with Crippen LogP contribution in [0.15, 0.2) is 53.3 Å². The smallest absolute Gasteiger partial charge is 0.258 e. The number of carbonyl (C=O) groups excluding carboxylic acids is 1. The average Bonchev–Trinajstić information content (AvgIpc) is 3.33. The molecule has 2 aromatic carbocycles. The van der Waals surface area contributed by atoms with Gasteiger partial charge in [-0.05, 0) is 63.1 Å². The third-order valence-corrected chi connectivity index (χ3v) is 5.99. The van der Waals surface area contributed by atoms with E-state index in [0.29, 0.717) is 30.1 Å². The van der Waals surface area contributed by atoms with Gasteiger partial charge in [-0.25, -0.2) is 0 Å². The van der Waals surface area contributed by atoms with Crippen LogP contribution in [-0.4, -0.2) is 35.0 Å². The molecule has 0 unspecified atom stereocenters. The van der Waals surface area contributed by atoms with Gasteiger partial charge in [0.15, 0.2) is 0 Å². The molecule has 0 atom stereocenters. The number of nitrogens with one attached hydrogen (secondary N) is 1. The molecule has 0 radical (unpaired) electrons. The van der Waals surface area contributed by atoms with Crippen LogP contribution in [0.1, 0.15) is 55.5 Å². The number of benzene rings is 2. The summed E-state index contributed by atoms with van der Waals surface area (Å²) in [6.45, 7) is 5.16. The maximum Gasteiger partial charge on any atom is 0.258 e. The van der Waals surface area contributed by atoms with E-state index in [1.807, 2.05) is 61.2 Å². The van der Waals surface area contributed by atoms with Crippen molar-refractivity contribution in [1.82, 2.24) is 9.88 Å². The van der Waals surface area contributed by atoms with Gasteiger partial charge in [-0.2, -0.15) is 0 Å². The Morgan fingerprint density at radius 1 is 1.03 bits per heavy atom. The lowest BCUT2D eigenvalue weighted by molar-refractivity contribution is 0.0659.